The highest BCUT2D eigenvalue weighted by atomic mass is 16.7. The van der Waals surface area contributed by atoms with Gasteiger partial charge in [-0.1, -0.05) is 42.5 Å². The Morgan fingerprint density at radius 1 is 0.875 bits per heavy atom. The van der Waals surface area contributed by atoms with E-state index in [1.54, 1.807) is 18.2 Å². The van der Waals surface area contributed by atoms with Crippen LogP contribution in [-0.4, -0.2) is 25.0 Å². The third-order valence-corrected chi connectivity index (χ3v) is 6.19. The first-order valence-electron chi connectivity index (χ1n) is 10.6. The van der Waals surface area contributed by atoms with Crippen molar-refractivity contribution in [1.29, 1.82) is 0 Å². The largest absolute Gasteiger partial charge is 0.497 e. The van der Waals surface area contributed by atoms with Gasteiger partial charge < -0.3 is 4.74 Å². The number of para-hydroxylation sites is 1. The van der Waals surface area contributed by atoms with Gasteiger partial charge in [0, 0.05) is 0 Å². The van der Waals surface area contributed by atoms with Gasteiger partial charge in [-0.15, -0.1) is 0 Å². The van der Waals surface area contributed by atoms with Gasteiger partial charge in [-0.2, -0.15) is 0 Å². The number of hydrogen-bond donors (Lipinski definition) is 0. The Bertz CT molecular complexity index is 1190. The van der Waals surface area contributed by atoms with Crippen LogP contribution in [0, 0.1) is 19.8 Å². The summed E-state index contributed by atoms with van der Waals surface area (Å²) in [5.74, 6) is -0.513. The molecule has 0 aliphatic carbocycles. The fraction of sp³-hybridized carbons (Fsp3) is 0.231. The summed E-state index contributed by atoms with van der Waals surface area (Å²) in [4.78, 5) is 34.5. The topological polar surface area (TPSA) is 59.1 Å². The molecular weight excluding hydrogens is 404 g/mol. The summed E-state index contributed by atoms with van der Waals surface area (Å²) < 4.78 is 5.30. The van der Waals surface area contributed by atoms with Gasteiger partial charge in [0.05, 0.1) is 24.5 Å². The molecule has 3 atom stereocenters. The molecule has 0 aromatic heterocycles. The van der Waals surface area contributed by atoms with Crippen LogP contribution in [0.1, 0.15) is 22.7 Å². The highest BCUT2D eigenvalue weighted by molar-refractivity contribution is 6.24. The van der Waals surface area contributed by atoms with Crippen LogP contribution in [-0.2, 0) is 14.4 Å². The number of hydroxylamine groups is 1. The number of hydrogen-bond acceptors (Lipinski definition) is 5. The Balaban J connectivity index is 1.60. The predicted molar refractivity (Wildman–Crippen MR) is 121 cm³/mol. The average molecular weight is 428 g/mol. The second kappa shape index (κ2) is 7.80. The number of nitrogens with zero attached hydrogens (tertiary/aromatic N) is 2. The lowest BCUT2D eigenvalue weighted by atomic mass is 9.90. The molecule has 2 amide bonds. The highest BCUT2D eigenvalue weighted by Gasteiger charge is 2.60. The normalized spacial score (nSPS) is 22.4. The molecule has 0 radical (unpaired) electrons. The van der Waals surface area contributed by atoms with Crippen molar-refractivity contribution in [1.82, 2.24) is 0 Å². The second-order valence-electron chi connectivity index (χ2n) is 8.23. The number of carbonyl (C=O) groups excluding carboxylic acids is 2. The molecular formula is C26H24N2O4. The van der Waals surface area contributed by atoms with E-state index in [0.717, 1.165) is 28.1 Å². The Kier molecular flexibility index (Phi) is 4.94. The number of aryl methyl sites for hydroxylation is 2. The summed E-state index contributed by atoms with van der Waals surface area (Å²) in [6.07, 6.45) is -0.880. The van der Waals surface area contributed by atoms with Crippen molar-refractivity contribution in [3.63, 3.8) is 0 Å². The first kappa shape index (κ1) is 20.3. The van der Waals surface area contributed by atoms with Gasteiger partial charge >= 0.3 is 0 Å². The summed E-state index contributed by atoms with van der Waals surface area (Å²) in [6.45, 7) is 3.92. The number of fused-ring (bicyclic) bond motifs is 1. The van der Waals surface area contributed by atoms with Crippen molar-refractivity contribution in [2.45, 2.75) is 26.0 Å². The van der Waals surface area contributed by atoms with Crippen molar-refractivity contribution in [2.24, 2.45) is 5.92 Å². The van der Waals surface area contributed by atoms with E-state index in [0.29, 0.717) is 5.69 Å². The molecule has 3 unspecified atom stereocenters. The Morgan fingerprint density at radius 3 is 2.31 bits per heavy atom. The summed E-state index contributed by atoms with van der Waals surface area (Å²) in [6, 6.07) is 22.3. The van der Waals surface area contributed by atoms with Gasteiger partial charge in [0.1, 0.15) is 11.7 Å². The van der Waals surface area contributed by atoms with Gasteiger partial charge in [-0.3, -0.25) is 14.4 Å². The van der Waals surface area contributed by atoms with E-state index in [9.17, 15) is 9.59 Å². The van der Waals surface area contributed by atoms with Gasteiger partial charge in [0.15, 0.2) is 6.10 Å². The smallest absolute Gasteiger partial charge is 0.266 e. The maximum absolute atomic E-state index is 13.7. The molecule has 162 valence electrons. The molecule has 0 N–H and O–H groups in total. The Hall–Kier alpha value is -3.64. The van der Waals surface area contributed by atoms with Crippen LogP contribution < -0.4 is 14.7 Å². The standard InChI is InChI=1S/C26H24N2O4/c1-16-7-6-9-19(15-16)27-25(29)22-23(18-11-13-20(31-3)14-12-18)28(32-24(22)26(27)30)21-10-5-4-8-17(21)2/h4-15,22-24H,1-3H3. The highest BCUT2D eigenvalue weighted by Crippen LogP contribution is 2.48. The molecule has 3 aromatic rings. The molecule has 6 nitrogen and oxygen atoms in total. The third-order valence-electron chi connectivity index (χ3n) is 6.19. The monoisotopic (exact) mass is 428 g/mol. The van der Waals surface area contributed by atoms with Crippen LogP contribution in [0.2, 0.25) is 0 Å². The molecule has 0 spiro atoms. The van der Waals surface area contributed by atoms with Gasteiger partial charge in [-0.05, 0) is 60.9 Å². The molecule has 2 saturated heterocycles. The van der Waals surface area contributed by atoms with Crippen LogP contribution in [0.25, 0.3) is 0 Å². The number of amides is 2. The molecule has 6 heteroatoms. The molecule has 2 aliphatic rings. The van der Waals surface area contributed by atoms with Gasteiger partial charge in [-0.25, -0.2) is 9.96 Å². The van der Waals surface area contributed by atoms with Crippen LogP contribution in [0.15, 0.2) is 72.8 Å². The first-order chi connectivity index (χ1) is 15.5. The van der Waals surface area contributed by atoms with Gasteiger partial charge in [0.2, 0.25) is 5.91 Å². The van der Waals surface area contributed by atoms with Crippen LogP contribution in [0.4, 0.5) is 11.4 Å². The van der Waals surface area contributed by atoms with E-state index in [1.165, 1.54) is 4.90 Å². The van der Waals surface area contributed by atoms with E-state index in [4.69, 9.17) is 9.57 Å². The lowest BCUT2D eigenvalue weighted by Crippen LogP contribution is -2.37. The molecule has 32 heavy (non-hydrogen) atoms. The van der Waals surface area contributed by atoms with Crippen molar-refractivity contribution in [3.8, 4) is 5.75 Å². The van der Waals surface area contributed by atoms with Crippen LogP contribution in [0.3, 0.4) is 0 Å². The zero-order valence-electron chi connectivity index (χ0n) is 18.2. The molecule has 0 saturated carbocycles. The Labute approximate surface area is 186 Å². The lowest BCUT2D eigenvalue weighted by molar-refractivity contribution is -0.126. The third kappa shape index (κ3) is 3.15. The fourth-order valence-electron chi connectivity index (χ4n) is 4.60. The molecule has 2 fully saturated rings. The number of rotatable bonds is 4. The molecule has 2 aliphatic heterocycles. The number of carbonyl (C=O) groups is 2. The summed E-state index contributed by atoms with van der Waals surface area (Å²) in [7, 11) is 1.61. The number of methoxy groups -OCH3 is 1. The number of anilines is 2. The van der Waals surface area contributed by atoms with Crippen LogP contribution >= 0.6 is 0 Å². The number of benzene rings is 3. The summed E-state index contributed by atoms with van der Waals surface area (Å²) >= 11 is 0. The SMILES string of the molecule is COc1ccc(C2C3C(=O)N(c4cccc(C)c4)C(=O)C3ON2c2ccccc2C)cc1. The fourth-order valence-corrected chi connectivity index (χ4v) is 4.60. The summed E-state index contributed by atoms with van der Waals surface area (Å²) in [5.41, 5.74) is 4.28. The minimum absolute atomic E-state index is 0.248. The molecule has 0 bridgehead atoms. The first-order valence-corrected chi connectivity index (χ1v) is 10.6. The van der Waals surface area contributed by atoms with Crippen molar-refractivity contribution >= 4 is 23.2 Å². The van der Waals surface area contributed by atoms with Crippen LogP contribution in [0.5, 0.6) is 5.75 Å². The van der Waals surface area contributed by atoms with E-state index in [1.807, 2.05) is 80.6 Å². The van der Waals surface area contributed by atoms with E-state index in [2.05, 4.69) is 0 Å². The van der Waals surface area contributed by atoms with E-state index < -0.39 is 18.1 Å². The number of ether oxygens (including phenoxy) is 1. The zero-order chi connectivity index (χ0) is 22.4. The number of imide groups is 1. The quantitative estimate of drug-likeness (QED) is 0.578. The molecule has 5 rings (SSSR count). The second-order valence-corrected chi connectivity index (χ2v) is 8.23. The zero-order valence-corrected chi connectivity index (χ0v) is 18.2. The Morgan fingerprint density at radius 2 is 1.62 bits per heavy atom. The molecule has 2 heterocycles. The van der Waals surface area contributed by atoms with Gasteiger partial charge in [0.25, 0.3) is 5.91 Å². The van der Waals surface area contributed by atoms with E-state index in [-0.39, 0.29) is 11.8 Å². The predicted octanol–water partition coefficient (Wildman–Crippen LogP) is 4.36. The van der Waals surface area contributed by atoms with E-state index >= 15 is 0 Å². The minimum Gasteiger partial charge on any atom is -0.497 e. The maximum Gasteiger partial charge on any atom is 0.266 e. The van der Waals surface area contributed by atoms with Crippen molar-refractivity contribution < 1.29 is 19.2 Å². The van der Waals surface area contributed by atoms with Crippen molar-refractivity contribution in [3.05, 3.63) is 89.5 Å². The molecule has 3 aromatic carbocycles. The minimum atomic E-state index is -0.880. The summed E-state index contributed by atoms with van der Waals surface area (Å²) in [5, 5.41) is 1.73. The maximum atomic E-state index is 13.7. The van der Waals surface area contributed by atoms with Crippen molar-refractivity contribution in [2.75, 3.05) is 17.1 Å². The lowest BCUT2D eigenvalue weighted by Gasteiger charge is -2.30. The average Bonchev–Trinajstić information content (AvgIpc) is 3.30.